The molecule has 1 aliphatic heterocycles. The van der Waals surface area contributed by atoms with Gasteiger partial charge in [-0.25, -0.2) is 23.4 Å². The maximum absolute atomic E-state index is 12.2. The van der Waals surface area contributed by atoms with E-state index in [1.165, 1.54) is 19.2 Å². The van der Waals surface area contributed by atoms with Crippen molar-refractivity contribution in [1.29, 1.82) is 0 Å². The second-order valence-corrected chi connectivity index (χ2v) is 10.0. The monoisotopic (exact) mass is 499 g/mol. The van der Waals surface area contributed by atoms with E-state index in [9.17, 15) is 13.2 Å². The number of pyridine rings is 3. The lowest BCUT2D eigenvalue weighted by molar-refractivity contribution is -0.114. The van der Waals surface area contributed by atoms with E-state index in [0.29, 0.717) is 53.4 Å². The Morgan fingerprint density at radius 2 is 1.86 bits per heavy atom. The topological polar surface area (TPSA) is 142 Å². The molecule has 0 aliphatic carbocycles. The molecule has 11 nitrogen and oxygen atoms in total. The Bertz CT molecular complexity index is 1380. The summed E-state index contributed by atoms with van der Waals surface area (Å²) in [6, 6.07) is 8.07. The number of aromatic nitrogens is 3. The van der Waals surface area contributed by atoms with Crippen molar-refractivity contribution in [2.45, 2.75) is 31.9 Å². The summed E-state index contributed by atoms with van der Waals surface area (Å²) < 4.78 is 41.3. The van der Waals surface area contributed by atoms with E-state index in [4.69, 9.17) is 14.2 Å². The van der Waals surface area contributed by atoms with Gasteiger partial charge in [-0.2, -0.15) is 0 Å². The fourth-order valence-electron chi connectivity index (χ4n) is 3.31. The highest BCUT2D eigenvalue weighted by molar-refractivity contribution is 7.90. The highest BCUT2D eigenvalue weighted by atomic mass is 32.2. The summed E-state index contributed by atoms with van der Waals surface area (Å²) in [5.74, 6) is 1.46. The zero-order chi connectivity index (χ0) is 25.2. The minimum Gasteiger partial charge on any atom is -0.491 e. The largest absolute Gasteiger partial charge is 0.491 e. The summed E-state index contributed by atoms with van der Waals surface area (Å²) in [7, 11) is -3.62. The smallest absolute Gasteiger partial charge is 0.257 e. The third kappa shape index (κ3) is 5.96. The molecule has 0 radical (unpaired) electrons. The third-order valence-electron chi connectivity index (χ3n) is 4.68. The van der Waals surface area contributed by atoms with Gasteiger partial charge in [0.25, 0.3) is 5.88 Å². The summed E-state index contributed by atoms with van der Waals surface area (Å²) in [4.78, 5) is 24.7. The molecule has 0 aromatic carbocycles. The van der Waals surface area contributed by atoms with Gasteiger partial charge in [0.2, 0.25) is 5.91 Å². The van der Waals surface area contributed by atoms with Crippen LogP contribution in [0, 0.1) is 0 Å². The summed E-state index contributed by atoms with van der Waals surface area (Å²) >= 11 is 0. The summed E-state index contributed by atoms with van der Waals surface area (Å²) in [6.45, 7) is 5.87. The van der Waals surface area contributed by atoms with Gasteiger partial charge in [0.05, 0.1) is 17.5 Å². The number of sulfone groups is 1. The Kier molecular flexibility index (Phi) is 6.74. The zero-order valence-electron chi connectivity index (χ0n) is 19.7. The van der Waals surface area contributed by atoms with Crippen LogP contribution in [0.4, 0.5) is 17.3 Å². The lowest BCUT2D eigenvalue weighted by Crippen LogP contribution is -2.16. The summed E-state index contributed by atoms with van der Waals surface area (Å²) in [5.41, 5.74) is 1.56. The van der Waals surface area contributed by atoms with Crippen LogP contribution >= 0.6 is 0 Å². The van der Waals surface area contributed by atoms with Crippen molar-refractivity contribution >= 4 is 33.1 Å². The van der Waals surface area contributed by atoms with Crippen LogP contribution in [0.2, 0.25) is 0 Å². The average molecular weight is 500 g/mol. The van der Waals surface area contributed by atoms with Crippen molar-refractivity contribution in [2.75, 3.05) is 30.1 Å². The predicted octanol–water partition coefficient (Wildman–Crippen LogP) is 3.20. The molecule has 4 heterocycles. The molecule has 1 aliphatic rings. The van der Waals surface area contributed by atoms with Crippen LogP contribution in [0.5, 0.6) is 17.4 Å². The molecule has 12 heteroatoms. The lowest BCUT2D eigenvalue weighted by atomic mass is 10.1. The van der Waals surface area contributed by atoms with Gasteiger partial charge >= 0.3 is 0 Å². The van der Waals surface area contributed by atoms with Gasteiger partial charge in [-0.3, -0.25) is 4.79 Å². The van der Waals surface area contributed by atoms with Crippen LogP contribution in [0.15, 0.2) is 41.6 Å². The van der Waals surface area contributed by atoms with Crippen molar-refractivity contribution in [3.05, 3.63) is 36.5 Å². The molecule has 1 amide bonds. The fraction of sp³-hybridized carbons (Fsp3) is 0.304. The third-order valence-corrected chi connectivity index (χ3v) is 5.65. The molecule has 4 rings (SSSR count). The van der Waals surface area contributed by atoms with Gasteiger partial charge in [0.15, 0.2) is 20.6 Å². The molecule has 184 valence electrons. The van der Waals surface area contributed by atoms with Gasteiger partial charge < -0.3 is 24.8 Å². The van der Waals surface area contributed by atoms with E-state index in [1.54, 1.807) is 24.3 Å². The molecule has 0 spiro atoms. The molecule has 0 saturated heterocycles. The van der Waals surface area contributed by atoms with Crippen LogP contribution in [0.3, 0.4) is 0 Å². The molecular weight excluding hydrogens is 474 g/mol. The van der Waals surface area contributed by atoms with Crippen molar-refractivity contribution < 1.29 is 27.4 Å². The molecule has 3 aromatic rings. The van der Waals surface area contributed by atoms with Crippen molar-refractivity contribution in [2.24, 2.45) is 0 Å². The van der Waals surface area contributed by atoms with Gasteiger partial charge in [-0.05, 0) is 26.0 Å². The first-order chi connectivity index (χ1) is 16.6. The van der Waals surface area contributed by atoms with Crippen LogP contribution in [0.25, 0.3) is 11.3 Å². The number of fused-ring (bicyclic) bond motifs is 1. The number of hydrogen-bond acceptors (Lipinski definition) is 10. The van der Waals surface area contributed by atoms with E-state index in [2.05, 4.69) is 25.6 Å². The standard InChI is InChI=1S/C23H25N5O6S/c1-13(2)34-15-9-21(28-22(10-15)35(4,30)31)26-18-11-20(25-14(3)29)24-12-16(18)17-5-6-19-23(27-17)33-8-7-32-19/h5-6,9-13H,7-8H2,1-4H3,(H2,24,25,26,28,29). The van der Waals surface area contributed by atoms with E-state index < -0.39 is 9.84 Å². The molecule has 0 bridgehead atoms. The number of amides is 1. The maximum atomic E-state index is 12.2. The van der Waals surface area contributed by atoms with E-state index >= 15 is 0 Å². The minimum atomic E-state index is -3.62. The number of nitrogens with one attached hydrogen (secondary N) is 2. The SMILES string of the molecule is CC(=O)Nc1cc(Nc2cc(OC(C)C)cc(S(C)(=O)=O)n2)c(-c2ccc3c(n2)OCCO3)cn1. The predicted molar refractivity (Wildman–Crippen MR) is 129 cm³/mol. The van der Waals surface area contributed by atoms with E-state index in [0.717, 1.165) is 6.26 Å². The summed E-state index contributed by atoms with van der Waals surface area (Å²) in [5, 5.41) is 5.62. The van der Waals surface area contributed by atoms with Crippen molar-refractivity contribution in [3.63, 3.8) is 0 Å². The zero-order valence-corrected chi connectivity index (χ0v) is 20.5. The molecule has 3 aromatic heterocycles. The highest BCUT2D eigenvalue weighted by Gasteiger charge is 2.19. The number of carbonyl (C=O) groups is 1. The number of anilines is 3. The van der Waals surface area contributed by atoms with E-state index in [-0.39, 0.29) is 22.9 Å². The van der Waals surface area contributed by atoms with Crippen LogP contribution in [-0.2, 0) is 14.6 Å². The van der Waals surface area contributed by atoms with Crippen LogP contribution in [0.1, 0.15) is 20.8 Å². The van der Waals surface area contributed by atoms with Crippen LogP contribution < -0.4 is 24.8 Å². The molecular formula is C23H25N5O6S. The molecule has 0 atom stereocenters. The normalized spacial score (nSPS) is 12.8. The molecule has 0 fully saturated rings. The maximum Gasteiger partial charge on any atom is 0.257 e. The second kappa shape index (κ2) is 9.74. The minimum absolute atomic E-state index is 0.145. The van der Waals surface area contributed by atoms with Crippen LogP contribution in [-0.4, -0.2) is 54.9 Å². The van der Waals surface area contributed by atoms with Crippen molar-refractivity contribution in [1.82, 2.24) is 15.0 Å². The number of rotatable bonds is 7. The first-order valence-electron chi connectivity index (χ1n) is 10.8. The average Bonchev–Trinajstić information content (AvgIpc) is 2.77. The number of hydrogen-bond donors (Lipinski definition) is 2. The molecule has 0 unspecified atom stereocenters. The van der Waals surface area contributed by atoms with E-state index in [1.807, 2.05) is 13.8 Å². The molecule has 35 heavy (non-hydrogen) atoms. The lowest BCUT2D eigenvalue weighted by Gasteiger charge is -2.19. The fourth-order valence-corrected chi connectivity index (χ4v) is 3.90. The Morgan fingerprint density at radius 3 is 2.57 bits per heavy atom. The Labute approximate surface area is 202 Å². The highest BCUT2D eigenvalue weighted by Crippen LogP contribution is 2.36. The number of carbonyl (C=O) groups excluding carboxylic acids is 1. The van der Waals surface area contributed by atoms with Gasteiger partial charge in [0, 0.05) is 43.1 Å². The Morgan fingerprint density at radius 1 is 1.09 bits per heavy atom. The Balaban J connectivity index is 1.80. The first kappa shape index (κ1) is 24.2. The first-order valence-corrected chi connectivity index (χ1v) is 12.7. The summed E-state index contributed by atoms with van der Waals surface area (Å²) in [6.07, 6.45) is 2.43. The number of ether oxygens (including phenoxy) is 3. The molecule has 2 N–H and O–H groups in total. The Hall–Kier alpha value is -3.93. The number of nitrogens with zero attached hydrogens (tertiary/aromatic N) is 3. The quantitative estimate of drug-likeness (QED) is 0.498. The van der Waals surface area contributed by atoms with Gasteiger partial charge in [-0.15, -0.1) is 0 Å². The van der Waals surface area contributed by atoms with Gasteiger partial charge in [0.1, 0.15) is 30.6 Å². The second-order valence-electron chi connectivity index (χ2n) is 8.08. The molecule has 0 saturated carbocycles. The van der Waals surface area contributed by atoms with Crippen molar-refractivity contribution in [3.8, 4) is 28.6 Å². The van der Waals surface area contributed by atoms with Gasteiger partial charge in [-0.1, -0.05) is 0 Å².